The molecule has 3 nitrogen and oxygen atoms in total. The number of fused-ring (bicyclic) bond motifs is 4. The lowest BCUT2D eigenvalue weighted by molar-refractivity contribution is 0.558. The first-order valence-electron chi connectivity index (χ1n) is 29.5. The van der Waals surface area contributed by atoms with Crippen LogP contribution in [0.3, 0.4) is 0 Å². The summed E-state index contributed by atoms with van der Waals surface area (Å²) in [5, 5.41) is 0. The fraction of sp³-hybridized carbons (Fsp3) is 0.299. The molecule has 0 N–H and O–H groups in total. The minimum atomic E-state index is -0.353. The van der Waals surface area contributed by atoms with Gasteiger partial charge in [-0.1, -0.05) is 245 Å². The highest BCUT2D eigenvalue weighted by Gasteiger charge is 2.46. The summed E-state index contributed by atoms with van der Waals surface area (Å²) in [6.45, 7) is 39.9. The predicted octanol–water partition coefficient (Wildman–Crippen LogP) is 19.7. The number of hydrogen-bond donors (Lipinski definition) is 0. The highest BCUT2D eigenvalue weighted by Crippen LogP contribution is 2.51. The standard InChI is InChI=1S/C77H84BN3/c1-72(2,3)52-30-27-35-61(45-52)80-67-40-37-54(74(7,8)9)47-64(67)78-65-48-55(77(16,17)58-43-56(75(10,11)12)42-57(44-58)76(13,14)15)38-41-68(65)81(66-39-36-53(73(4,5)6)46-63(66)51-28-21-18-22-29-51)70-50-62(49-69(80)71(70)78)79(59-31-23-19-24-32-59)60-33-25-20-26-34-60/h18-50H,1-17H3. The fourth-order valence-electron chi connectivity index (χ4n) is 12.3. The number of hydrogen-bond acceptors (Lipinski definition) is 3. The minimum absolute atomic E-state index is 0.0220. The van der Waals surface area contributed by atoms with Gasteiger partial charge in [0.15, 0.2) is 0 Å². The summed E-state index contributed by atoms with van der Waals surface area (Å²) in [5.74, 6) is 0. The Kier molecular flexibility index (Phi) is 13.6. The van der Waals surface area contributed by atoms with Crippen molar-refractivity contribution in [2.45, 2.75) is 150 Å². The Morgan fingerprint density at radius 3 is 1.23 bits per heavy atom. The molecule has 9 aromatic carbocycles. The first-order chi connectivity index (χ1) is 38.1. The van der Waals surface area contributed by atoms with Gasteiger partial charge in [-0.15, -0.1) is 0 Å². The van der Waals surface area contributed by atoms with E-state index < -0.39 is 0 Å². The molecular weight excluding hydrogens is 978 g/mol. The van der Waals surface area contributed by atoms with Crippen LogP contribution in [-0.2, 0) is 32.5 Å². The van der Waals surface area contributed by atoms with Crippen LogP contribution in [0.4, 0.5) is 51.2 Å². The largest absolute Gasteiger partial charge is 0.311 e. The van der Waals surface area contributed by atoms with E-state index in [9.17, 15) is 0 Å². The average Bonchev–Trinajstić information content (AvgIpc) is 3.61. The molecule has 2 aliphatic rings. The highest BCUT2D eigenvalue weighted by molar-refractivity contribution is 7.00. The molecule has 0 fully saturated rings. The quantitative estimate of drug-likeness (QED) is 0.140. The number of nitrogens with zero attached hydrogens (tertiary/aromatic N) is 3. The zero-order chi connectivity index (χ0) is 57.8. The molecule has 0 atom stereocenters. The smallest absolute Gasteiger partial charge is 0.252 e. The van der Waals surface area contributed by atoms with Crippen molar-refractivity contribution in [3.63, 3.8) is 0 Å². The van der Waals surface area contributed by atoms with Gasteiger partial charge in [-0.25, -0.2) is 0 Å². The van der Waals surface area contributed by atoms with E-state index in [1.165, 1.54) is 89.2 Å². The van der Waals surface area contributed by atoms with E-state index in [1.807, 2.05) is 0 Å². The monoisotopic (exact) mass is 1060 g/mol. The van der Waals surface area contributed by atoms with Crippen LogP contribution in [0.15, 0.2) is 200 Å². The molecule has 0 spiro atoms. The van der Waals surface area contributed by atoms with Crippen LogP contribution in [-0.4, -0.2) is 6.71 Å². The van der Waals surface area contributed by atoms with Crippen LogP contribution >= 0.6 is 0 Å². The lowest BCUT2D eigenvalue weighted by atomic mass is 9.33. The summed E-state index contributed by atoms with van der Waals surface area (Å²) in [6, 6.07) is 76.9. The van der Waals surface area contributed by atoms with E-state index in [1.54, 1.807) is 0 Å². The van der Waals surface area contributed by atoms with Crippen LogP contribution in [0.5, 0.6) is 0 Å². The summed E-state index contributed by atoms with van der Waals surface area (Å²) in [7, 11) is 0. The third kappa shape index (κ3) is 10.2. The van der Waals surface area contributed by atoms with E-state index in [-0.39, 0.29) is 39.2 Å². The summed E-state index contributed by atoms with van der Waals surface area (Å²) >= 11 is 0. The molecule has 11 rings (SSSR count). The maximum atomic E-state index is 2.65. The maximum absolute atomic E-state index is 2.65. The van der Waals surface area contributed by atoms with E-state index in [0.717, 1.165) is 28.4 Å². The maximum Gasteiger partial charge on any atom is 0.252 e. The Labute approximate surface area is 486 Å². The predicted molar refractivity (Wildman–Crippen MR) is 353 cm³/mol. The first-order valence-corrected chi connectivity index (χ1v) is 29.5. The molecule has 4 heteroatoms. The van der Waals surface area contributed by atoms with Crippen LogP contribution in [0.2, 0.25) is 0 Å². The second kappa shape index (κ2) is 19.9. The molecule has 0 unspecified atom stereocenters. The van der Waals surface area contributed by atoms with E-state index in [2.05, 4.69) is 333 Å². The van der Waals surface area contributed by atoms with Gasteiger partial charge in [0.25, 0.3) is 6.71 Å². The molecule has 410 valence electrons. The van der Waals surface area contributed by atoms with Crippen LogP contribution in [0.1, 0.15) is 157 Å². The van der Waals surface area contributed by atoms with Gasteiger partial charge in [0.1, 0.15) is 0 Å². The second-order valence-electron chi connectivity index (χ2n) is 28.9. The lowest BCUT2D eigenvalue weighted by Crippen LogP contribution is -2.61. The van der Waals surface area contributed by atoms with Gasteiger partial charge in [-0.3, -0.25) is 0 Å². The average molecular weight is 1060 g/mol. The topological polar surface area (TPSA) is 9.72 Å². The third-order valence-corrected chi connectivity index (χ3v) is 17.5. The number of anilines is 9. The Bertz CT molecular complexity index is 3740. The van der Waals surface area contributed by atoms with Gasteiger partial charge in [0.05, 0.1) is 11.4 Å². The Hall–Kier alpha value is -7.56. The van der Waals surface area contributed by atoms with Crippen LogP contribution < -0.4 is 31.1 Å². The first kappa shape index (κ1) is 55.4. The van der Waals surface area contributed by atoms with Crippen molar-refractivity contribution in [3.05, 3.63) is 239 Å². The molecule has 0 radical (unpaired) electrons. The molecule has 9 aromatic rings. The van der Waals surface area contributed by atoms with Gasteiger partial charge >= 0.3 is 0 Å². The Morgan fingerprint density at radius 1 is 0.296 bits per heavy atom. The van der Waals surface area contributed by atoms with Crippen molar-refractivity contribution in [2.24, 2.45) is 0 Å². The van der Waals surface area contributed by atoms with E-state index >= 15 is 0 Å². The van der Waals surface area contributed by atoms with Crippen molar-refractivity contribution in [3.8, 4) is 11.1 Å². The summed E-state index contributed by atoms with van der Waals surface area (Å²) in [4.78, 5) is 7.70. The van der Waals surface area contributed by atoms with E-state index in [4.69, 9.17) is 0 Å². The summed E-state index contributed by atoms with van der Waals surface area (Å²) < 4.78 is 0. The van der Waals surface area contributed by atoms with Crippen molar-refractivity contribution < 1.29 is 0 Å². The second-order valence-corrected chi connectivity index (χ2v) is 28.9. The Morgan fingerprint density at radius 2 is 0.716 bits per heavy atom. The molecule has 0 saturated carbocycles. The van der Waals surface area contributed by atoms with Crippen molar-refractivity contribution in [2.75, 3.05) is 14.7 Å². The van der Waals surface area contributed by atoms with Gasteiger partial charge in [-0.05, 0) is 161 Å². The molecular formula is C77H84BN3. The molecule has 0 saturated heterocycles. The van der Waals surface area contributed by atoms with Crippen molar-refractivity contribution in [1.82, 2.24) is 0 Å². The van der Waals surface area contributed by atoms with Gasteiger partial charge in [0, 0.05) is 50.8 Å². The molecule has 0 bridgehead atoms. The SMILES string of the molecule is CC(C)(C)c1cccc(N2c3ccc(C(C)(C)C)cc3B3c4cc(C(C)(C)c5cc(C(C)(C)C)cc(C(C)(C)C)c5)ccc4N(c4ccc(C(C)(C)C)cc4-c4ccccc4)c4cc(N(c5ccccc5)c5ccccc5)cc2c43)c1. The Balaban J connectivity index is 1.31. The molecule has 0 amide bonds. The normalized spacial score (nSPS) is 13.7. The third-order valence-electron chi connectivity index (χ3n) is 17.5. The molecule has 0 aromatic heterocycles. The fourth-order valence-corrected chi connectivity index (χ4v) is 12.3. The van der Waals surface area contributed by atoms with Crippen molar-refractivity contribution >= 4 is 74.3 Å². The molecule has 81 heavy (non-hydrogen) atoms. The van der Waals surface area contributed by atoms with Crippen LogP contribution in [0, 0.1) is 0 Å². The van der Waals surface area contributed by atoms with Gasteiger partial charge in [0.2, 0.25) is 0 Å². The zero-order valence-corrected chi connectivity index (χ0v) is 51.5. The molecule has 2 heterocycles. The minimum Gasteiger partial charge on any atom is -0.311 e. The molecule has 2 aliphatic heterocycles. The van der Waals surface area contributed by atoms with E-state index in [0.29, 0.717) is 0 Å². The highest BCUT2D eigenvalue weighted by atomic mass is 15.2. The summed E-state index contributed by atoms with van der Waals surface area (Å²) in [6.07, 6.45) is 0. The van der Waals surface area contributed by atoms with Crippen LogP contribution in [0.25, 0.3) is 11.1 Å². The van der Waals surface area contributed by atoms with Gasteiger partial charge in [-0.2, -0.15) is 0 Å². The van der Waals surface area contributed by atoms with Gasteiger partial charge < -0.3 is 14.7 Å². The van der Waals surface area contributed by atoms with Crippen molar-refractivity contribution in [1.29, 1.82) is 0 Å². The number of rotatable bonds is 8. The lowest BCUT2D eigenvalue weighted by Gasteiger charge is -2.46. The summed E-state index contributed by atoms with van der Waals surface area (Å²) in [5.41, 5.74) is 25.3. The molecule has 0 aliphatic carbocycles. The number of para-hydroxylation sites is 2. The number of benzene rings is 9. The zero-order valence-electron chi connectivity index (χ0n) is 51.5.